The van der Waals surface area contributed by atoms with Gasteiger partial charge in [0, 0.05) is 5.69 Å². The molecule has 2 atom stereocenters. The van der Waals surface area contributed by atoms with Gasteiger partial charge in [-0.15, -0.1) is 0 Å². The standard InChI is InChI=1S/C14H15BrFNO3/c15-11-6-5-8(7-12(11)16)17-13(18)9-3-1-2-4-10(9)14(19)20/h5-7,9-10H,1-4H2,(H,17,18)(H,19,20). The SMILES string of the molecule is O=C(O)C1CCCCC1C(=O)Nc1ccc(Br)c(F)c1. The van der Waals surface area contributed by atoms with Gasteiger partial charge >= 0.3 is 5.97 Å². The molecular weight excluding hydrogens is 329 g/mol. The number of benzene rings is 1. The van der Waals surface area contributed by atoms with E-state index in [9.17, 15) is 14.0 Å². The smallest absolute Gasteiger partial charge is 0.307 e. The maximum absolute atomic E-state index is 13.4. The van der Waals surface area contributed by atoms with Crippen molar-refractivity contribution in [3.05, 3.63) is 28.5 Å². The molecule has 2 unspecified atom stereocenters. The van der Waals surface area contributed by atoms with Crippen LogP contribution in [0.4, 0.5) is 10.1 Å². The minimum absolute atomic E-state index is 0.316. The summed E-state index contributed by atoms with van der Waals surface area (Å²) in [5.41, 5.74) is 0.338. The second-order valence-corrected chi connectivity index (χ2v) is 5.81. The van der Waals surface area contributed by atoms with Gasteiger partial charge in [0.15, 0.2) is 0 Å². The molecule has 0 saturated heterocycles. The minimum atomic E-state index is -0.938. The number of rotatable bonds is 3. The third-order valence-corrected chi connectivity index (χ3v) is 4.25. The molecular formula is C14H15BrFNO3. The Morgan fingerprint density at radius 3 is 2.50 bits per heavy atom. The van der Waals surface area contributed by atoms with Crippen molar-refractivity contribution in [1.82, 2.24) is 0 Å². The normalized spacial score (nSPS) is 22.3. The zero-order valence-electron chi connectivity index (χ0n) is 10.7. The Balaban J connectivity index is 2.09. The van der Waals surface area contributed by atoms with E-state index in [1.807, 2.05) is 0 Å². The second kappa shape index (κ2) is 6.35. The van der Waals surface area contributed by atoms with Gasteiger partial charge in [0.05, 0.1) is 16.3 Å². The highest BCUT2D eigenvalue weighted by atomic mass is 79.9. The predicted octanol–water partition coefficient (Wildman–Crippen LogP) is 3.42. The summed E-state index contributed by atoms with van der Waals surface area (Å²) in [5.74, 6) is -2.95. The molecule has 1 saturated carbocycles. The Labute approximate surface area is 124 Å². The van der Waals surface area contributed by atoms with Crippen LogP contribution < -0.4 is 5.32 Å². The molecule has 0 spiro atoms. The molecule has 0 heterocycles. The van der Waals surface area contributed by atoms with Gasteiger partial charge in [-0.2, -0.15) is 0 Å². The summed E-state index contributed by atoms with van der Waals surface area (Å²) in [6, 6.07) is 4.28. The number of carboxylic acid groups (broad SMARTS) is 1. The minimum Gasteiger partial charge on any atom is -0.481 e. The fourth-order valence-electron chi connectivity index (χ4n) is 2.55. The van der Waals surface area contributed by atoms with Crippen LogP contribution in [0.3, 0.4) is 0 Å². The summed E-state index contributed by atoms with van der Waals surface area (Å²) in [5, 5.41) is 11.8. The van der Waals surface area contributed by atoms with Crippen molar-refractivity contribution in [2.24, 2.45) is 11.8 Å². The van der Waals surface area contributed by atoms with Gasteiger partial charge in [0.2, 0.25) is 5.91 Å². The summed E-state index contributed by atoms with van der Waals surface area (Å²) in [6.45, 7) is 0. The number of amides is 1. The fraction of sp³-hybridized carbons (Fsp3) is 0.429. The average molecular weight is 344 g/mol. The van der Waals surface area contributed by atoms with Crippen molar-refractivity contribution in [2.75, 3.05) is 5.32 Å². The molecule has 1 aliphatic rings. The average Bonchev–Trinajstić information content (AvgIpc) is 2.43. The highest BCUT2D eigenvalue weighted by molar-refractivity contribution is 9.10. The quantitative estimate of drug-likeness (QED) is 0.883. The van der Waals surface area contributed by atoms with Crippen molar-refractivity contribution in [2.45, 2.75) is 25.7 Å². The highest BCUT2D eigenvalue weighted by Gasteiger charge is 2.35. The lowest BCUT2D eigenvalue weighted by Gasteiger charge is -2.27. The van der Waals surface area contributed by atoms with E-state index in [1.54, 1.807) is 6.07 Å². The first-order valence-electron chi connectivity index (χ1n) is 6.48. The lowest BCUT2D eigenvalue weighted by Crippen LogP contribution is -2.36. The lowest BCUT2D eigenvalue weighted by molar-refractivity contribution is -0.147. The Kier molecular flexibility index (Phi) is 4.75. The summed E-state index contributed by atoms with van der Waals surface area (Å²) >= 11 is 3.04. The topological polar surface area (TPSA) is 66.4 Å². The molecule has 6 heteroatoms. The fourth-order valence-corrected chi connectivity index (χ4v) is 2.80. The first kappa shape index (κ1) is 15.0. The second-order valence-electron chi connectivity index (χ2n) is 4.95. The van der Waals surface area contributed by atoms with Crippen LogP contribution in [-0.4, -0.2) is 17.0 Å². The Hall–Kier alpha value is -1.43. The number of hydrogen-bond acceptors (Lipinski definition) is 2. The van der Waals surface area contributed by atoms with Crippen LogP contribution in [-0.2, 0) is 9.59 Å². The van der Waals surface area contributed by atoms with Gasteiger partial charge in [0.1, 0.15) is 5.82 Å². The molecule has 2 N–H and O–H groups in total. The summed E-state index contributed by atoms with van der Waals surface area (Å²) in [4.78, 5) is 23.3. The zero-order valence-corrected chi connectivity index (χ0v) is 12.3. The number of anilines is 1. The van der Waals surface area contributed by atoms with Gasteiger partial charge < -0.3 is 10.4 Å². The van der Waals surface area contributed by atoms with Crippen molar-refractivity contribution < 1.29 is 19.1 Å². The Morgan fingerprint density at radius 1 is 1.25 bits per heavy atom. The van der Waals surface area contributed by atoms with E-state index in [2.05, 4.69) is 21.2 Å². The van der Waals surface area contributed by atoms with Crippen molar-refractivity contribution in [3.8, 4) is 0 Å². The first-order valence-corrected chi connectivity index (χ1v) is 7.27. The summed E-state index contributed by atoms with van der Waals surface area (Å²) in [7, 11) is 0. The van der Waals surface area contributed by atoms with Crippen LogP contribution >= 0.6 is 15.9 Å². The van der Waals surface area contributed by atoms with Gasteiger partial charge in [-0.25, -0.2) is 4.39 Å². The van der Waals surface area contributed by atoms with E-state index < -0.39 is 23.6 Å². The zero-order chi connectivity index (χ0) is 14.7. The number of carbonyl (C=O) groups excluding carboxylic acids is 1. The number of carboxylic acids is 1. The number of halogens is 2. The number of carbonyl (C=O) groups is 2. The molecule has 0 aliphatic heterocycles. The van der Waals surface area contributed by atoms with Crippen molar-refractivity contribution in [1.29, 1.82) is 0 Å². The van der Waals surface area contributed by atoms with E-state index in [4.69, 9.17) is 5.11 Å². The molecule has 1 aromatic carbocycles. The number of hydrogen-bond donors (Lipinski definition) is 2. The Bertz CT molecular complexity index is 535. The van der Waals surface area contributed by atoms with Gasteiger partial charge in [-0.1, -0.05) is 12.8 Å². The van der Waals surface area contributed by atoms with Crippen LogP contribution in [0.2, 0.25) is 0 Å². The maximum atomic E-state index is 13.4. The molecule has 0 bridgehead atoms. The molecule has 0 aromatic heterocycles. The van der Waals surface area contributed by atoms with Crippen LogP contribution in [0.5, 0.6) is 0 Å². The van der Waals surface area contributed by atoms with Crippen LogP contribution in [0.25, 0.3) is 0 Å². The lowest BCUT2D eigenvalue weighted by atomic mass is 9.78. The Morgan fingerprint density at radius 2 is 1.90 bits per heavy atom. The molecule has 1 aliphatic carbocycles. The predicted molar refractivity (Wildman–Crippen MR) is 75.8 cm³/mol. The van der Waals surface area contributed by atoms with E-state index in [1.165, 1.54) is 12.1 Å². The van der Waals surface area contributed by atoms with E-state index in [0.29, 0.717) is 23.0 Å². The highest BCUT2D eigenvalue weighted by Crippen LogP contribution is 2.31. The van der Waals surface area contributed by atoms with Crippen LogP contribution in [0.1, 0.15) is 25.7 Å². The van der Waals surface area contributed by atoms with Gasteiger partial charge in [-0.3, -0.25) is 9.59 Å². The van der Waals surface area contributed by atoms with Crippen LogP contribution in [0.15, 0.2) is 22.7 Å². The van der Waals surface area contributed by atoms with Crippen molar-refractivity contribution in [3.63, 3.8) is 0 Å². The molecule has 2 rings (SSSR count). The summed E-state index contributed by atoms with van der Waals surface area (Å²) < 4.78 is 13.7. The van der Waals surface area contributed by atoms with Gasteiger partial charge in [0.25, 0.3) is 0 Å². The third kappa shape index (κ3) is 3.36. The molecule has 20 heavy (non-hydrogen) atoms. The molecule has 1 aromatic rings. The molecule has 4 nitrogen and oxygen atoms in total. The number of aliphatic carboxylic acids is 1. The van der Waals surface area contributed by atoms with Crippen LogP contribution in [0, 0.1) is 17.7 Å². The molecule has 108 valence electrons. The van der Waals surface area contributed by atoms with Gasteiger partial charge in [-0.05, 0) is 47.0 Å². The number of nitrogens with one attached hydrogen (secondary N) is 1. The molecule has 1 amide bonds. The van der Waals surface area contributed by atoms with E-state index in [0.717, 1.165) is 12.8 Å². The first-order chi connectivity index (χ1) is 9.49. The molecule has 0 radical (unpaired) electrons. The molecule has 1 fully saturated rings. The van der Waals surface area contributed by atoms with E-state index >= 15 is 0 Å². The maximum Gasteiger partial charge on any atom is 0.307 e. The summed E-state index contributed by atoms with van der Waals surface area (Å²) in [6.07, 6.45) is 2.74. The third-order valence-electron chi connectivity index (χ3n) is 3.61. The van der Waals surface area contributed by atoms with Crippen molar-refractivity contribution >= 4 is 33.5 Å². The largest absolute Gasteiger partial charge is 0.481 e. The van der Waals surface area contributed by atoms with E-state index in [-0.39, 0.29) is 5.91 Å². The monoisotopic (exact) mass is 343 g/mol.